The van der Waals surface area contributed by atoms with E-state index in [9.17, 15) is 9.59 Å². The molecule has 6 nitrogen and oxygen atoms in total. The minimum absolute atomic E-state index is 0.0128. The highest BCUT2D eigenvalue weighted by molar-refractivity contribution is 5.71. The molecule has 0 fully saturated rings. The van der Waals surface area contributed by atoms with Gasteiger partial charge < -0.3 is 18.8 Å². The minimum Gasteiger partial charge on any atom is -0.482 e. The lowest BCUT2D eigenvalue weighted by Crippen LogP contribution is -2.21. The monoisotopic (exact) mass is 495 g/mol. The second-order valence-corrected chi connectivity index (χ2v) is 8.95. The summed E-state index contributed by atoms with van der Waals surface area (Å²) in [6.45, 7) is 2.57. The van der Waals surface area contributed by atoms with Crippen molar-refractivity contribution < 1.29 is 19.0 Å². The molecule has 1 aromatic heterocycles. The number of rotatable bonds is 9. The molecule has 188 valence electrons. The van der Waals surface area contributed by atoms with E-state index in [0.29, 0.717) is 18.9 Å². The summed E-state index contributed by atoms with van der Waals surface area (Å²) in [5, 5.41) is 0. The molecular weight excluding hydrogens is 466 g/mol. The number of pyridine rings is 1. The highest BCUT2D eigenvalue weighted by atomic mass is 16.6. The van der Waals surface area contributed by atoms with E-state index >= 15 is 0 Å². The van der Waals surface area contributed by atoms with Crippen LogP contribution in [-0.2, 0) is 22.5 Å². The first-order valence-electron chi connectivity index (χ1n) is 12.6. The van der Waals surface area contributed by atoms with E-state index in [1.54, 1.807) is 17.6 Å². The van der Waals surface area contributed by atoms with Gasteiger partial charge in [-0.05, 0) is 55.2 Å². The average molecular weight is 496 g/mol. The standard InChI is InChI=1S/C31H29NO5/c1-2-35-30(34)21-36-24-11-7-9-22(19-24)10-8-18-32-20-23(16-17-29(32)33)31-25-12-3-5-14-27(25)37-28-15-6-4-13-26(28)31/h3-7,9,11-17,19-20,31H,2,8,10,18,21H2,1H3. The molecule has 1 aliphatic rings. The van der Waals surface area contributed by atoms with E-state index < -0.39 is 0 Å². The first-order valence-corrected chi connectivity index (χ1v) is 12.6. The third kappa shape index (κ3) is 5.59. The maximum Gasteiger partial charge on any atom is 0.344 e. The SMILES string of the molecule is CCOC(=O)COc1cccc(CCCn2cc(C3c4ccccc4Oc4ccccc43)ccc2=O)c1. The third-order valence-corrected chi connectivity index (χ3v) is 6.44. The average Bonchev–Trinajstić information content (AvgIpc) is 2.92. The predicted molar refractivity (Wildman–Crippen MR) is 141 cm³/mol. The number of esters is 1. The number of para-hydroxylation sites is 2. The highest BCUT2D eigenvalue weighted by Crippen LogP contribution is 2.46. The van der Waals surface area contributed by atoms with Crippen molar-refractivity contribution in [2.24, 2.45) is 0 Å². The smallest absolute Gasteiger partial charge is 0.344 e. The van der Waals surface area contributed by atoms with Crippen molar-refractivity contribution in [3.05, 3.63) is 124 Å². The maximum absolute atomic E-state index is 12.7. The van der Waals surface area contributed by atoms with E-state index in [1.807, 2.05) is 72.9 Å². The zero-order valence-corrected chi connectivity index (χ0v) is 20.8. The molecule has 6 heteroatoms. The number of aromatic nitrogens is 1. The molecule has 37 heavy (non-hydrogen) atoms. The molecule has 2 heterocycles. The van der Waals surface area contributed by atoms with E-state index in [0.717, 1.165) is 46.6 Å². The number of carbonyl (C=O) groups is 1. The number of hydrogen-bond acceptors (Lipinski definition) is 5. The van der Waals surface area contributed by atoms with Gasteiger partial charge in [0, 0.05) is 35.9 Å². The van der Waals surface area contributed by atoms with E-state index in [2.05, 4.69) is 12.1 Å². The number of ether oxygens (including phenoxy) is 3. The van der Waals surface area contributed by atoms with Gasteiger partial charge in [0.15, 0.2) is 6.61 Å². The van der Waals surface area contributed by atoms with Gasteiger partial charge >= 0.3 is 5.97 Å². The van der Waals surface area contributed by atoms with Gasteiger partial charge in [-0.2, -0.15) is 0 Å². The van der Waals surface area contributed by atoms with Crippen LogP contribution in [0.4, 0.5) is 0 Å². The number of nitrogens with zero attached hydrogens (tertiary/aromatic N) is 1. The Morgan fingerprint density at radius 1 is 0.919 bits per heavy atom. The van der Waals surface area contributed by atoms with Crippen molar-refractivity contribution in [2.75, 3.05) is 13.2 Å². The number of aryl methyl sites for hydroxylation is 2. The fourth-order valence-electron chi connectivity index (χ4n) is 4.75. The minimum atomic E-state index is -0.387. The van der Waals surface area contributed by atoms with Gasteiger partial charge in [-0.1, -0.05) is 54.6 Å². The lowest BCUT2D eigenvalue weighted by atomic mass is 9.83. The Labute approximate surface area is 216 Å². The summed E-state index contributed by atoms with van der Waals surface area (Å²) in [4.78, 5) is 24.3. The van der Waals surface area contributed by atoms with Gasteiger partial charge in [-0.25, -0.2) is 4.79 Å². The Morgan fingerprint density at radius 3 is 2.38 bits per heavy atom. The molecular formula is C31H29NO5. The van der Waals surface area contributed by atoms with E-state index in [4.69, 9.17) is 14.2 Å². The van der Waals surface area contributed by atoms with Gasteiger partial charge in [-0.15, -0.1) is 0 Å². The lowest BCUT2D eigenvalue weighted by molar-refractivity contribution is -0.145. The molecule has 0 aliphatic carbocycles. The quantitative estimate of drug-likeness (QED) is 0.245. The van der Waals surface area contributed by atoms with Crippen LogP contribution in [0.15, 0.2) is 95.9 Å². The molecule has 4 aromatic rings. The summed E-state index contributed by atoms with van der Waals surface area (Å²) in [5.74, 6) is 1.91. The summed E-state index contributed by atoms with van der Waals surface area (Å²) in [5.41, 5.74) is 4.29. The van der Waals surface area contributed by atoms with Crippen LogP contribution >= 0.6 is 0 Å². The summed E-state index contributed by atoms with van der Waals surface area (Å²) in [7, 11) is 0. The third-order valence-electron chi connectivity index (χ3n) is 6.44. The summed E-state index contributed by atoms with van der Waals surface area (Å²) in [6, 6.07) is 27.4. The highest BCUT2D eigenvalue weighted by Gasteiger charge is 2.28. The molecule has 0 bridgehead atoms. The van der Waals surface area contributed by atoms with Crippen LogP contribution in [0.5, 0.6) is 17.2 Å². The van der Waals surface area contributed by atoms with Crippen LogP contribution in [0.1, 0.15) is 41.5 Å². The molecule has 5 rings (SSSR count). The van der Waals surface area contributed by atoms with Crippen LogP contribution in [0, 0.1) is 0 Å². The normalized spacial score (nSPS) is 12.2. The second kappa shape index (κ2) is 11.2. The van der Waals surface area contributed by atoms with Gasteiger partial charge in [0.1, 0.15) is 17.2 Å². The van der Waals surface area contributed by atoms with Gasteiger partial charge in [0.2, 0.25) is 0 Å². The van der Waals surface area contributed by atoms with Crippen LogP contribution in [0.3, 0.4) is 0 Å². The maximum atomic E-state index is 12.7. The molecule has 0 saturated heterocycles. The van der Waals surface area contributed by atoms with E-state index in [1.165, 1.54) is 0 Å². The molecule has 3 aromatic carbocycles. The van der Waals surface area contributed by atoms with Crippen molar-refractivity contribution in [2.45, 2.75) is 32.2 Å². The first kappa shape index (κ1) is 24.4. The first-order chi connectivity index (χ1) is 18.1. The largest absolute Gasteiger partial charge is 0.482 e. The van der Waals surface area contributed by atoms with Crippen LogP contribution in [0.2, 0.25) is 0 Å². The fourth-order valence-corrected chi connectivity index (χ4v) is 4.75. The van der Waals surface area contributed by atoms with E-state index in [-0.39, 0.29) is 24.1 Å². The number of fused-ring (bicyclic) bond motifs is 2. The van der Waals surface area contributed by atoms with Crippen LogP contribution in [0.25, 0.3) is 0 Å². The molecule has 0 atom stereocenters. The molecule has 1 aliphatic heterocycles. The zero-order valence-electron chi connectivity index (χ0n) is 20.8. The Bertz CT molecular complexity index is 1410. The Balaban J connectivity index is 1.31. The van der Waals surface area contributed by atoms with Crippen LogP contribution in [-0.4, -0.2) is 23.8 Å². The molecule has 0 spiro atoms. The molecule has 0 N–H and O–H groups in total. The topological polar surface area (TPSA) is 66.8 Å². The van der Waals surface area contributed by atoms with Crippen molar-refractivity contribution in [3.8, 4) is 17.2 Å². The van der Waals surface area contributed by atoms with Crippen molar-refractivity contribution in [1.29, 1.82) is 0 Å². The summed E-state index contributed by atoms with van der Waals surface area (Å²) in [6.07, 6.45) is 3.53. The summed E-state index contributed by atoms with van der Waals surface area (Å²) >= 11 is 0. The van der Waals surface area contributed by atoms with Crippen LogP contribution < -0.4 is 15.0 Å². The van der Waals surface area contributed by atoms with Crippen molar-refractivity contribution >= 4 is 5.97 Å². The van der Waals surface area contributed by atoms with Gasteiger partial charge in [0.05, 0.1) is 6.61 Å². The lowest BCUT2D eigenvalue weighted by Gasteiger charge is -2.28. The molecule has 0 amide bonds. The number of carbonyl (C=O) groups excluding carboxylic acids is 1. The second-order valence-electron chi connectivity index (χ2n) is 8.95. The molecule has 0 unspecified atom stereocenters. The van der Waals surface area contributed by atoms with Gasteiger partial charge in [-0.3, -0.25) is 4.79 Å². The summed E-state index contributed by atoms with van der Waals surface area (Å²) < 4.78 is 18.4. The van der Waals surface area contributed by atoms with Crippen molar-refractivity contribution in [3.63, 3.8) is 0 Å². The van der Waals surface area contributed by atoms with Crippen molar-refractivity contribution in [1.82, 2.24) is 4.57 Å². The number of benzene rings is 3. The Morgan fingerprint density at radius 2 is 1.65 bits per heavy atom. The fraction of sp³-hybridized carbons (Fsp3) is 0.226. The zero-order chi connectivity index (χ0) is 25.6. The van der Waals surface area contributed by atoms with Gasteiger partial charge in [0.25, 0.3) is 5.56 Å². The number of hydrogen-bond donors (Lipinski definition) is 0. The molecule has 0 radical (unpaired) electrons. The predicted octanol–water partition coefficient (Wildman–Crippen LogP) is 5.71. The Kier molecular flexibility index (Phi) is 7.36. The Hall–Kier alpha value is -4.32. The molecule has 0 saturated carbocycles.